The van der Waals surface area contributed by atoms with Gasteiger partial charge in [0, 0.05) is 25.7 Å². The predicted octanol–water partition coefficient (Wildman–Crippen LogP) is 0.518. The molecule has 0 aromatic carbocycles. The molecule has 0 radical (unpaired) electrons. The van der Waals surface area contributed by atoms with Crippen LogP contribution in [0, 0.1) is 5.41 Å². The molecule has 23 heavy (non-hydrogen) atoms. The summed E-state index contributed by atoms with van der Waals surface area (Å²) in [4.78, 5) is 28.7. The van der Waals surface area contributed by atoms with Crippen LogP contribution in [0.5, 0.6) is 0 Å². The number of carbonyl (C=O) groups is 2. The fourth-order valence-corrected chi connectivity index (χ4v) is 5.04. The van der Waals surface area contributed by atoms with Gasteiger partial charge in [-0.25, -0.2) is 4.79 Å². The Kier molecular flexibility index (Phi) is 3.71. The fourth-order valence-electron chi connectivity index (χ4n) is 4.78. The summed E-state index contributed by atoms with van der Waals surface area (Å²) in [6.45, 7) is 2.73. The van der Waals surface area contributed by atoms with Crippen molar-refractivity contribution in [1.29, 1.82) is 0 Å². The van der Waals surface area contributed by atoms with Gasteiger partial charge >= 0.3 is 6.03 Å². The summed E-state index contributed by atoms with van der Waals surface area (Å²) in [5, 5.41) is 4.29. The van der Waals surface area contributed by atoms with Crippen LogP contribution in [0.4, 0.5) is 4.79 Å². The normalized spacial score (nSPS) is 32.9. The second-order valence-corrected chi connectivity index (χ2v) is 7.74. The molecule has 3 saturated heterocycles. The number of hydrogen-bond acceptors (Lipinski definition) is 6. The number of hydroxylamine groups is 2. The highest BCUT2D eigenvalue weighted by atomic mass is 32.2. The second-order valence-electron chi connectivity index (χ2n) is 7.44. The Hall–Kier alpha value is -1.03. The van der Waals surface area contributed by atoms with Crippen molar-refractivity contribution in [1.82, 2.24) is 20.2 Å². The monoisotopic (exact) mass is 342 g/mol. The third-order valence-electron chi connectivity index (χ3n) is 5.66. The van der Waals surface area contributed by atoms with Crippen LogP contribution in [0.1, 0.15) is 25.7 Å². The number of nitrogens with zero attached hydrogens (tertiary/aromatic N) is 3. The van der Waals surface area contributed by atoms with Crippen molar-refractivity contribution in [2.75, 3.05) is 26.7 Å². The van der Waals surface area contributed by atoms with Gasteiger partial charge < -0.3 is 19.7 Å². The standard InChI is InChI=1S/C14H22N4O4S/c1-16-7-14(8-16)4-9(5-14)15-12(19)11-3-2-10-6-17(11)13(20)18(10)22-23-21/h9-11,21H,2-8H2,1H3,(H,15,19)/t10-,11+/m1/s1. The summed E-state index contributed by atoms with van der Waals surface area (Å²) in [6.07, 6.45) is 3.44. The summed E-state index contributed by atoms with van der Waals surface area (Å²) in [6, 6.07) is -0.591. The molecule has 2 atom stereocenters. The lowest BCUT2D eigenvalue weighted by atomic mass is 9.61. The van der Waals surface area contributed by atoms with Gasteiger partial charge in [-0.05, 0) is 38.1 Å². The van der Waals surface area contributed by atoms with Gasteiger partial charge in [0.2, 0.25) is 5.91 Å². The van der Waals surface area contributed by atoms with E-state index in [1.165, 1.54) is 5.06 Å². The van der Waals surface area contributed by atoms with Crippen molar-refractivity contribution in [3.63, 3.8) is 0 Å². The van der Waals surface area contributed by atoms with E-state index in [2.05, 4.69) is 17.3 Å². The van der Waals surface area contributed by atoms with Crippen molar-refractivity contribution in [2.24, 2.45) is 5.41 Å². The van der Waals surface area contributed by atoms with Gasteiger partial charge in [-0.15, -0.1) is 0 Å². The average molecular weight is 342 g/mol. The first-order valence-corrected chi connectivity index (χ1v) is 8.78. The van der Waals surface area contributed by atoms with Gasteiger partial charge in [0.05, 0.1) is 6.04 Å². The third-order valence-corrected chi connectivity index (χ3v) is 5.88. The molecule has 128 valence electrons. The summed E-state index contributed by atoms with van der Waals surface area (Å²) >= 11 is 0.167. The van der Waals surface area contributed by atoms with Gasteiger partial charge in [0.25, 0.3) is 0 Å². The Labute approximate surface area is 139 Å². The Balaban J connectivity index is 1.32. The van der Waals surface area contributed by atoms with E-state index in [-0.39, 0.29) is 36.3 Å². The Morgan fingerprint density at radius 2 is 2.13 bits per heavy atom. The van der Waals surface area contributed by atoms with E-state index in [1.54, 1.807) is 4.90 Å². The number of carbonyl (C=O) groups excluding carboxylic acids is 2. The molecule has 4 aliphatic rings. The van der Waals surface area contributed by atoms with Gasteiger partial charge in [-0.3, -0.25) is 4.79 Å². The van der Waals surface area contributed by atoms with Crippen LogP contribution in [0.3, 0.4) is 0 Å². The highest BCUT2D eigenvalue weighted by molar-refractivity contribution is 7.88. The van der Waals surface area contributed by atoms with Crippen LogP contribution in [0.2, 0.25) is 0 Å². The zero-order valence-corrected chi connectivity index (χ0v) is 13.9. The summed E-state index contributed by atoms with van der Waals surface area (Å²) in [5.41, 5.74) is 0.427. The van der Waals surface area contributed by atoms with Gasteiger partial charge in [-0.2, -0.15) is 9.35 Å². The van der Waals surface area contributed by atoms with Crippen molar-refractivity contribution in [3.8, 4) is 0 Å². The van der Waals surface area contributed by atoms with Crippen LogP contribution >= 0.6 is 12.3 Å². The second kappa shape index (κ2) is 5.51. The molecule has 2 bridgehead atoms. The van der Waals surface area contributed by atoms with E-state index in [1.807, 2.05) is 0 Å². The maximum absolute atomic E-state index is 12.6. The first-order valence-electron chi connectivity index (χ1n) is 8.08. The molecule has 4 fully saturated rings. The highest BCUT2D eigenvalue weighted by Gasteiger charge is 2.53. The minimum atomic E-state index is -0.420. The lowest BCUT2D eigenvalue weighted by Gasteiger charge is -2.58. The largest absolute Gasteiger partial charge is 0.352 e. The van der Waals surface area contributed by atoms with E-state index < -0.39 is 6.04 Å². The molecule has 2 N–H and O–H groups in total. The molecular weight excluding hydrogens is 320 g/mol. The molecule has 4 rings (SSSR count). The molecule has 1 spiro atoms. The minimum Gasteiger partial charge on any atom is -0.352 e. The first-order chi connectivity index (χ1) is 11.0. The number of nitrogens with one attached hydrogen (secondary N) is 1. The maximum Gasteiger partial charge on any atom is 0.346 e. The quantitative estimate of drug-likeness (QED) is 0.725. The Morgan fingerprint density at radius 3 is 2.78 bits per heavy atom. The number of amides is 3. The Bertz CT molecular complexity index is 519. The lowest BCUT2D eigenvalue weighted by molar-refractivity contribution is -0.131. The number of rotatable bonds is 4. The average Bonchev–Trinajstić information content (AvgIpc) is 2.69. The van der Waals surface area contributed by atoms with Crippen LogP contribution in [0.25, 0.3) is 0 Å². The van der Waals surface area contributed by atoms with Gasteiger partial charge in [0.1, 0.15) is 6.04 Å². The Morgan fingerprint density at radius 1 is 1.39 bits per heavy atom. The van der Waals surface area contributed by atoms with Crippen molar-refractivity contribution >= 4 is 24.3 Å². The number of hydrogen-bond donors (Lipinski definition) is 2. The molecule has 8 nitrogen and oxygen atoms in total. The summed E-state index contributed by atoms with van der Waals surface area (Å²) in [7, 11) is 2.12. The van der Waals surface area contributed by atoms with Crippen LogP contribution < -0.4 is 5.32 Å². The predicted molar refractivity (Wildman–Crippen MR) is 83.2 cm³/mol. The van der Waals surface area contributed by atoms with Crippen molar-refractivity contribution in [2.45, 2.75) is 43.8 Å². The SMILES string of the molecule is CN1CC2(CC(NC(=O)[C@@H]3CC[C@@H]4CN3C(=O)N4OSO)C2)C1. The molecule has 0 unspecified atom stereocenters. The number of fused-ring (bicyclic) bond motifs is 2. The smallest absolute Gasteiger partial charge is 0.346 e. The van der Waals surface area contributed by atoms with Gasteiger partial charge in [0.15, 0.2) is 12.3 Å². The lowest BCUT2D eigenvalue weighted by Crippen LogP contribution is -2.66. The molecule has 3 amide bonds. The van der Waals surface area contributed by atoms with E-state index >= 15 is 0 Å². The van der Waals surface area contributed by atoms with Gasteiger partial charge in [-0.1, -0.05) is 0 Å². The van der Waals surface area contributed by atoms with E-state index in [4.69, 9.17) is 8.84 Å². The first kappa shape index (κ1) is 15.5. The van der Waals surface area contributed by atoms with Crippen LogP contribution in [-0.4, -0.2) is 76.2 Å². The molecule has 9 heteroatoms. The summed E-state index contributed by atoms with van der Waals surface area (Å²) in [5.74, 6) is -0.0529. The summed E-state index contributed by atoms with van der Waals surface area (Å²) < 4.78 is 13.7. The van der Waals surface area contributed by atoms with Crippen LogP contribution in [-0.2, 0) is 9.08 Å². The number of urea groups is 1. The van der Waals surface area contributed by atoms with Crippen molar-refractivity contribution in [3.05, 3.63) is 0 Å². The maximum atomic E-state index is 12.6. The van der Waals surface area contributed by atoms with Crippen molar-refractivity contribution < 1.29 is 18.4 Å². The van der Waals surface area contributed by atoms with Crippen LogP contribution in [0.15, 0.2) is 0 Å². The highest BCUT2D eigenvalue weighted by Crippen LogP contribution is 2.47. The number of likely N-dealkylation sites (tertiary alicyclic amines) is 1. The molecule has 3 heterocycles. The molecule has 1 aliphatic carbocycles. The van der Waals surface area contributed by atoms with E-state index in [0.29, 0.717) is 24.8 Å². The molecule has 0 aromatic rings. The van der Waals surface area contributed by atoms with E-state index in [0.717, 1.165) is 25.9 Å². The molecule has 3 aliphatic heterocycles. The zero-order valence-electron chi connectivity index (χ0n) is 13.1. The molecular formula is C14H22N4O4S. The molecule has 1 saturated carbocycles. The zero-order chi connectivity index (χ0) is 16.2. The number of piperidine rings is 1. The fraction of sp³-hybridized carbons (Fsp3) is 0.857. The minimum absolute atomic E-state index is 0.0529. The van der Waals surface area contributed by atoms with E-state index in [9.17, 15) is 9.59 Å². The molecule has 0 aromatic heterocycles. The topological polar surface area (TPSA) is 85.4 Å². The third kappa shape index (κ3) is 2.50.